The molecule has 0 fully saturated rings. The van der Waals surface area contributed by atoms with E-state index in [1.165, 1.54) is 6.26 Å². The van der Waals surface area contributed by atoms with Crippen molar-refractivity contribution in [2.75, 3.05) is 13.1 Å². The summed E-state index contributed by atoms with van der Waals surface area (Å²) in [6.07, 6.45) is 2.23. The van der Waals surface area contributed by atoms with Gasteiger partial charge in [-0.05, 0) is 33.3 Å². The van der Waals surface area contributed by atoms with Gasteiger partial charge >= 0.3 is 0 Å². The minimum atomic E-state index is -0.195. The standard InChI is InChI=1S/C13H22N4O2.HI/c1-9(2)17-13(14)16-7-4-6-15-12(18)11-10(3)5-8-19-11;/h5,8-9H,4,6-7H2,1-3H3,(H,15,18)(H3,14,16,17);1H. The molecule has 1 aromatic heterocycles. The molecular formula is C13H23IN4O2. The molecule has 1 heterocycles. The molecule has 0 aliphatic rings. The third-order valence-corrected chi connectivity index (χ3v) is 2.41. The lowest BCUT2D eigenvalue weighted by Gasteiger charge is -2.08. The van der Waals surface area contributed by atoms with Crippen LogP contribution in [0.1, 0.15) is 36.4 Å². The number of carbonyl (C=O) groups excluding carboxylic acids is 1. The van der Waals surface area contributed by atoms with Crippen molar-refractivity contribution in [3.05, 3.63) is 23.7 Å². The summed E-state index contributed by atoms with van der Waals surface area (Å²) in [5.74, 6) is 0.604. The molecule has 0 aliphatic heterocycles. The molecular weight excluding hydrogens is 371 g/mol. The van der Waals surface area contributed by atoms with Crippen LogP contribution in [0, 0.1) is 6.92 Å². The molecule has 114 valence electrons. The van der Waals surface area contributed by atoms with Gasteiger partial charge in [-0.15, -0.1) is 24.0 Å². The lowest BCUT2D eigenvalue weighted by atomic mass is 10.2. The zero-order valence-corrected chi connectivity index (χ0v) is 14.4. The molecule has 1 aromatic rings. The van der Waals surface area contributed by atoms with Crippen molar-refractivity contribution in [3.63, 3.8) is 0 Å². The molecule has 0 atom stereocenters. The Bertz CT molecular complexity index is 443. The monoisotopic (exact) mass is 394 g/mol. The Balaban J connectivity index is 0.00000361. The van der Waals surface area contributed by atoms with Gasteiger partial charge in [0, 0.05) is 24.7 Å². The summed E-state index contributed by atoms with van der Waals surface area (Å²) in [6.45, 7) is 6.93. The average molecular weight is 394 g/mol. The number of furan rings is 1. The molecule has 4 N–H and O–H groups in total. The third-order valence-electron chi connectivity index (χ3n) is 2.41. The number of nitrogens with one attached hydrogen (secondary N) is 2. The van der Waals surface area contributed by atoms with Gasteiger partial charge in [-0.3, -0.25) is 9.79 Å². The van der Waals surface area contributed by atoms with Crippen molar-refractivity contribution in [2.24, 2.45) is 10.7 Å². The van der Waals surface area contributed by atoms with Gasteiger partial charge in [0.25, 0.3) is 5.91 Å². The van der Waals surface area contributed by atoms with E-state index in [2.05, 4.69) is 15.6 Å². The van der Waals surface area contributed by atoms with Gasteiger partial charge < -0.3 is 20.8 Å². The second kappa shape index (κ2) is 9.62. The highest BCUT2D eigenvalue weighted by molar-refractivity contribution is 14.0. The summed E-state index contributed by atoms with van der Waals surface area (Å²) in [4.78, 5) is 15.8. The van der Waals surface area contributed by atoms with Crippen LogP contribution in [0.3, 0.4) is 0 Å². The van der Waals surface area contributed by atoms with Gasteiger partial charge in [0.15, 0.2) is 11.7 Å². The number of halogens is 1. The predicted octanol–water partition coefficient (Wildman–Crippen LogP) is 1.64. The van der Waals surface area contributed by atoms with Crippen molar-refractivity contribution in [1.29, 1.82) is 0 Å². The average Bonchev–Trinajstić information content (AvgIpc) is 2.73. The topological polar surface area (TPSA) is 92.7 Å². The number of aryl methyl sites for hydroxylation is 1. The van der Waals surface area contributed by atoms with E-state index < -0.39 is 0 Å². The number of guanidine groups is 1. The van der Waals surface area contributed by atoms with E-state index in [1.807, 2.05) is 20.8 Å². The van der Waals surface area contributed by atoms with Crippen LogP contribution in [0.25, 0.3) is 0 Å². The van der Waals surface area contributed by atoms with Gasteiger partial charge in [0.1, 0.15) is 0 Å². The molecule has 0 radical (unpaired) electrons. The highest BCUT2D eigenvalue weighted by Gasteiger charge is 2.11. The van der Waals surface area contributed by atoms with Crippen molar-refractivity contribution >= 4 is 35.8 Å². The zero-order valence-electron chi connectivity index (χ0n) is 12.1. The van der Waals surface area contributed by atoms with E-state index in [-0.39, 0.29) is 35.9 Å². The van der Waals surface area contributed by atoms with E-state index in [9.17, 15) is 4.79 Å². The van der Waals surface area contributed by atoms with Crippen LogP contribution in [0.4, 0.5) is 0 Å². The quantitative estimate of drug-likeness (QED) is 0.296. The number of rotatable bonds is 6. The minimum Gasteiger partial charge on any atom is -0.459 e. The van der Waals surface area contributed by atoms with E-state index in [0.717, 1.165) is 12.0 Å². The maximum Gasteiger partial charge on any atom is 0.287 e. The van der Waals surface area contributed by atoms with Crippen molar-refractivity contribution in [2.45, 2.75) is 33.2 Å². The third kappa shape index (κ3) is 6.78. The first-order valence-electron chi connectivity index (χ1n) is 6.39. The van der Waals surface area contributed by atoms with Crippen LogP contribution in [-0.2, 0) is 0 Å². The van der Waals surface area contributed by atoms with Crippen LogP contribution in [0.15, 0.2) is 21.7 Å². The fraction of sp³-hybridized carbons (Fsp3) is 0.538. The van der Waals surface area contributed by atoms with E-state index in [0.29, 0.717) is 24.8 Å². The van der Waals surface area contributed by atoms with E-state index in [1.54, 1.807) is 6.07 Å². The van der Waals surface area contributed by atoms with Gasteiger partial charge in [-0.2, -0.15) is 0 Å². The molecule has 0 aliphatic carbocycles. The molecule has 0 saturated heterocycles. The number of hydrogen-bond acceptors (Lipinski definition) is 3. The Labute approximate surface area is 136 Å². The predicted molar refractivity (Wildman–Crippen MR) is 90.6 cm³/mol. The van der Waals surface area contributed by atoms with Crippen LogP contribution >= 0.6 is 24.0 Å². The number of nitrogens with zero attached hydrogens (tertiary/aromatic N) is 1. The fourth-order valence-electron chi connectivity index (χ4n) is 1.51. The summed E-state index contributed by atoms with van der Waals surface area (Å²) in [7, 11) is 0. The highest BCUT2D eigenvalue weighted by atomic mass is 127. The molecule has 1 rings (SSSR count). The Kier molecular flexibility index (Phi) is 9.02. The number of hydrogen-bond donors (Lipinski definition) is 3. The lowest BCUT2D eigenvalue weighted by Crippen LogP contribution is -2.37. The van der Waals surface area contributed by atoms with Gasteiger partial charge in [0.05, 0.1) is 6.26 Å². The number of nitrogens with two attached hydrogens (primary N) is 1. The molecule has 0 saturated carbocycles. The largest absolute Gasteiger partial charge is 0.459 e. The summed E-state index contributed by atoms with van der Waals surface area (Å²) < 4.78 is 5.10. The first-order valence-corrected chi connectivity index (χ1v) is 6.39. The number of aliphatic imine (C=N–C) groups is 1. The van der Waals surface area contributed by atoms with Gasteiger partial charge in [0.2, 0.25) is 0 Å². The van der Waals surface area contributed by atoms with E-state index in [4.69, 9.17) is 10.2 Å². The van der Waals surface area contributed by atoms with Crippen LogP contribution < -0.4 is 16.4 Å². The summed E-state index contributed by atoms with van der Waals surface area (Å²) in [5, 5.41) is 5.77. The van der Waals surface area contributed by atoms with E-state index >= 15 is 0 Å². The summed E-state index contributed by atoms with van der Waals surface area (Å²) >= 11 is 0. The van der Waals surface area contributed by atoms with Crippen molar-refractivity contribution in [1.82, 2.24) is 10.6 Å². The first-order chi connectivity index (χ1) is 9.00. The van der Waals surface area contributed by atoms with Gasteiger partial charge in [-0.1, -0.05) is 0 Å². The Morgan fingerprint density at radius 2 is 2.20 bits per heavy atom. The maximum absolute atomic E-state index is 11.7. The second-order valence-electron chi connectivity index (χ2n) is 4.61. The highest BCUT2D eigenvalue weighted by Crippen LogP contribution is 2.07. The molecule has 1 amide bonds. The van der Waals surface area contributed by atoms with Crippen LogP contribution in [0.2, 0.25) is 0 Å². The van der Waals surface area contributed by atoms with Crippen molar-refractivity contribution in [3.8, 4) is 0 Å². The normalized spacial score (nSPS) is 11.1. The summed E-state index contributed by atoms with van der Waals surface area (Å²) in [5.41, 5.74) is 6.48. The minimum absolute atomic E-state index is 0. The fourth-order valence-corrected chi connectivity index (χ4v) is 1.51. The van der Waals surface area contributed by atoms with Crippen LogP contribution in [-0.4, -0.2) is 31.0 Å². The molecule has 7 heteroatoms. The number of carbonyl (C=O) groups is 1. The molecule has 20 heavy (non-hydrogen) atoms. The van der Waals surface area contributed by atoms with Crippen LogP contribution in [0.5, 0.6) is 0 Å². The molecule has 0 unspecified atom stereocenters. The molecule has 0 aromatic carbocycles. The first kappa shape index (κ1) is 18.8. The number of amides is 1. The molecule has 6 nitrogen and oxygen atoms in total. The van der Waals surface area contributed by atoms with Crippen molar-refractivity contribution < 1.29 is 9.21 Å². The van der Waals surface area contributed by atoms with Gasteiger partial charge in [-0.25, -0.2) is 0 Å². The Morgan fingerprint density at radius 1 is 1.50 bits per heavy atom. The molecule has 0 bridgehead atoms. The SMILES string of the molecule is Cc1ccoc1C(=O)NCCCN=C(N)NC(C)C.I. The smallest absolute Gasteiger partial charge is 0.287 e. The summed E-state index contributed by atoms with van der Waals surface area (Å²) in [6, 6.07) is 2.03. The Hall–Kier alpha value is -1.25. The Morgan fingerprint density at radius 3 is 2.75 bits per heavy atom. The maximum atomic E-state index is 11.7. The lowest BCUT2D eigenvalue weighted by molar-refractivity contribution is 0.0925. The molecule has 0 spiro atoms. The zero-order chi connectivity index (χ0) is 14.3. The second-order valence-corrected chi connectivity index (χ2v) is 4.61.